The first-order valence-electron chi connectivity index (χ1n) is 17.4. The average Bonchev–Trinajstić information content (AvgIpc) is 3.17. The SMILES string of the molecule is Cc1ccc(N(c2ccc(F)cc2)c2c(C)c(N(c3ccc(F)cc3)c3ccc(F)cc3)c(C)c(N(c3ccc(F)cc3)c3ccc(F)cc3)c2C)cc1. The highest BCUT2D eigenvalue weighted by molar-refractivity contribution is 5.97. The molecule has 0 atom stereocenters. The third-order valence-electron chi connectivity index (χ3n) is 9.52. The van der Waals surface area contributed by atoms with Gasteiger partial charge in [0.2, 0.25) is 0 Å². The van der Waals surface area contributed by atoms with Crippen LogP contribution in [0.5, 0.6) is 0 Å². The van der Waals surface area contributed by atoms with Gasteiger partial charge < -0.3 is 14.7 Å². The van der Waals surface area contributed by atoms with Crippen LogP contribution in [0, 0.1) is 56.8 Å². The van der Waals surface area contributed by atoms with E-state index in [0.717, 1.165) is 33.6 Å². The molecule has 0 unspecified atom stereocenters. The van der Waals surface area contributed by atoms with Crippen LogP contribution in [0.15, 0.2) is 146 Å². The van der Waals surface area contributed by atoms with Crippen LogP contribution in [0.25, 0.3) is 0 Å². The molecular weight excluding hydrogens is 690 g/mol. The lowest BCUT2D eigenvalue weighted by Crippen LogP contribution is -2.22. The van der Waals surface area contributed by atoms with Crippen molar-refractivity contribution in [2.45, 2.75) is 27.7 Å². The van der Waals surface area contributed by atoms with E-state index in [0.29, 0.717) is 39.8 Å². The van der Waals surface area contributed by atoms with Crippen molar-refractivity contribution in [2.24, 2.45) is 0 Å². The van der Waals surface area contributed by atoms with Gasteiger partial charge in [-0.25, -0.2) is 22.0 Å². The van der Waals surface area contributed by atoms with Crippen LogP contribution >= 0.6 is 0 Å². The van der Waals surface area contributed by atoms with Crippen molar-refractivity contribution in [1.29, 1.82) is 0 Å². The van der Waals surface area contributed by atoms with Crippen molar-refractivity contribution >= 4 is 51.2 Å². The Morgan fingerprint density at radius 2 is 0.426 bits per heavy atom. The first-order valence-corrected chi connectivity index (χ1v) is 17.4. The molecule has 7 rings (SSSR count). The van der Waals surface area contributed by atoms with Crippen molar-refractivity contribution < 1.29 is 22.0 Å². The number of aryl methyl sites for hydroxylation is 1. The van der Waals surface area contributed by atoms with Crippen molar-refractivity contribution in [2.75, 3.05) is 14.7 Å². The molecule has 0 amide bonds. The summed E-state index contributed by atoms with van der Waals surface area (Å²) < 4.78 is 72.3. The molecule has 54 heavy (non-hydrogen) atoms. The van der Waals surface area contributed by atoms with E-state index in [1.165, 1.54) is 60.7 Å². The Labute approximate surface area is 311 Å². The minimum atomic E-state index is -0.419. The molecule has 0 heterocycles. The zero-order valence-electron chi connectivity index (χ0n) is 30.1. The fourth-order valence-electron chi connectivity index (χ4n) is 7.05. The molecule has 0 N–H and O–H groups in total. The second-order valence-corrected chi connectivity index (χ2v) is 13.1. The van der Waals surface area contributed by atoms with Gasteiger partial charge in [0, 0.05) is 34.1 Å². The fraction of sp³-hybridized carbons (Fsp3) is 0.0870. The Hall–Kier alpha value is -6.41. The van der Waals surface area contributed by atoms with Crippen molar-refractivity contribution in [3.05, 3.63) is 197 Å². The van der Waals surface area contributed by atoms with Gasteiger partial charge in [0.25, 0.3) is 0 Å². The number of hydrogen-bond donors (Lipinski definition) is 0. The highest BCUT2D eigenvalue weighted by atomic mass is 19.1. The maximum Gasteiger partial charge on any atom is 0.123 e. The van der Waals surface area contributed by atoms with E-state index in [2.05, 4.69) is 4.90 Å². The topological polar surface area (TPSA) is 9.72 Å². The third-order valence-corrected chi connectivity index (χ3v) is 9.52. The summed E-state index contributed by atoms with van der Waals surface area (Å²) >= 11 is 0. The summed E-state index contributed by atoms with van der Waals surface area (Å²) in [5.41, 5.74) is 9.43. The van der Waals surface area contributed by atoms with Crippen LogP contribution in [-0.4, -0.2) is 0 Å². The summed E-state index contributed by atoms with van der Waals surface area (Å²) in [5.74, 6) is -2.07. The smallest absolute Gasteiger partial charge is 0.123 e. The fourth-order valence-corrected chi connectivity index (χ4v) is 7.05. The maximum atomic E-state index is 14.5. The average molecular weight is 726 g/mol. The molecule has 0 bridgehead atoms. The Balaban J connectivity index is 1.64. The minimum Gasteiger partial charge on any atom is -0.310 e. The summed E-state index contributed by atoms with van der Waals surface area (Å²) in [6.45, 7) is 7.93. The second kappa shape index (κ2) is 14.9. The van der Waals surface area contributed by atoms with E-state index in [1.807, 2.05) is 61.8 Å². The van der Waals surface area contributed by atoms with Crippen molar-refractivity contribution in [3.63, 3.8) is 0 Å². The summed E-state index contributed by atoms with van der Waals surface area (Å²) in [5, 5.41) is 0. The van der Waals surface area contributed by atoms with Crippen LogP contribution in [0.1, 0.15) is 22.3 Å². The van der Waals surface area contributed by atoms with E-state index in [4.69, 9.17) is 0 Å². The molecule has 0 aliphatic heterocycles. The number of anilines is 9. The highest BCUT2D eigenvalue weighted by Gasteiger charge is 2.31. The Morgan fingerprint density at radius 3 is 0.611 bits per heavy atom. The molecule has 0 aromatic heterocycles. The van der Waals surface area contributed by atoms with Crippen LogP contribution < -0.4 is 14.7 Å². The summed E-state index contributed by atoms with van der Waals surface area (Å²) in [6, 6.07) is 38.4. The maximum absolute atomic E-state index is 14.5. The van der Waals surface area contributed by atoms with Gasteiger partial charge in [-0.05, 0) is 178 Å². The molecule has 8 heteroatoms. The van der Waals surface area contributed by atoms with Gasteiger partial charge in [0.1, 0.15) is 29.1 Å². The lowest BCUT2D eigenvalue weighted by molar-refractivity contribution is 0.627. The predicted molar refractivity (Wildman–Crippen MR) is 209 cm³/mol. The van der Waals surface area contributed by atoms with Crippen LogP contribution in [0.3, 0.4) is 0 Å². The van der Waals surface area contributed by atoms with Gasteiger partial charge in [0.05, 0.1) is 17.1 Å². The molecule has 0 radical (unpaired) electrons. The van der Waals surface area contributed by atoms with Crippen molar-refractivity contribution in [1.82, 2.24) is 0 Å². The molecule has 0 saturated carbocycles. The Bertz CT molecular complexity index is 1960. The first-order chi connectivity index (χ1) is 26.0. The Kier molecular flexibility index (Phi) is 9.93. The predicted octanol–water partition coefficient (Wildman–Crippen LogP) is 14.0. The number of benzene rings is 7. The first kappa shape index (κ1) is 36.0. The monoisotopic (exact) mass is 725 g/mol. The molecule has 0 aliphatic carbocycles. The van der Waals surface area contributed by atoms with Gasteiger partial charge in [-0.3, -0.25) is 0 Å². The summed E-state index contributed by atoms with van der Waals surface area (Å²) in [6.07, 6.45) is 0. The van der Waals surface area contributed by atoms with E-state index in [1.54, 1.807) is 60.7 Å². The van der Waals surface area contributed by atoms with E-state index >= 15 is 0 Å². The van der Waals surface area contributed by atoms with E-state index < -0.39 is 23.3 Å². The molecule has 270 valence electrons. The second-order valence-electron chi connectivity index (χ2n) is 13.1. The van der Waals surface area contributed by atoms with Gasteiger partial charge in [0.15, 0.2) is 0 Å². The van der Waals surface area contributed by atoms with Crippen molar-refractivity contribution in [3.8, 4) is 0 Å². The molecule has 7 aromatic rings. The van der Waals surface area contributed by atoms with Gasteiger partial charge in [-0.15, -0.1) is 0 Å². The lowest BCUT2D eigenvalue weighted by Gasteiger charge is -2.38. The zero-order valence-corrected chi connectivity index (χ0v) is 30.1. The standard InChI is InChI=1S/C46H36F5N3/c1-29-5-17-38(18-6-29)52(39-19-7-33(47)8-20-39)44-30(2)45(53(40-21-9-34(48)10-22-40)41-23-11-35(49)12-24-41)32(4)46(31(44)3)54(42-25-13-36(50)14-26-42)43-27-15-37(51)16-28-43/h5-28H,1-4H3. The Morgan fingerprint density at radius 1 is 0.259 bits per heavy atom. The largest absolute Gasteiger partial charge is 0.310 e. The zero-order chi connectivity index (χ0) is 38.1. The summed E-state index contributed by atoms with van der Waals surface area (Å²) in [4.78, 5) is 5.94. The molecular formula is C46H36F5N3. The minimum absolute atomic E-state index is 0.390. The normalized spacial score (nSPS) is 11.1. The molecule has 7 aromatic carbocycles. The number of nitrogens with zero attached hydrogens (tertiary/aromatic N) is 3. The lowest BCUT2D eigenvalue weighted by atomic mass is 9.94. The van der Waals surface area contributed by atoms with Crippen LogP contribution in [0.4, 0.5) is 73.1 Å². The number of halogens is 5. The number of hydrogen-bond acceptors (Lipinski definition) is 3. The van der Waals surface area contributed by atoms with E-state index in [9.17, 15) is 22.0 Å². The van der Waals surface area contributed by atoms with Gasteiger partial charge in [-0.2, -0.15) is 0 Å². The quantitative estimate of drug-likeness (QED) is 0.137. The van der Waals surface area contributed by atoms with Crippen LogP contribution in [0.2, 0.25) is 0 Å². The third kappa shape index (κ3) is 7.03. The molecule has 3 nitrogen and oxygen atoms in total. The number of rotatable bonds is 9. The molecule has 0 saturated heterocycles. The summed E-state index contributed by atoms with van der Waals surface area (Å²) in [7, 11) is 0. The highest BCUT2D eigenvalue weighted by Crippen LogP contribution is 2.53. The van der Waals surface area contributed by atoms with Crippen LogP contribution in [-0.2, 0) is 0 Å². The molecule has 0 spiro atoms. The molecule has 0 aliphatic rings. The van der Waals surface area contributed by atoms with E-state index in [-0.39, 0.29) is 5.82 Å². The molecule has 0 fully saturated rings. The van der Waals surface area contributed by atoms with Gasteiger partial charge in [-0.1, -0.05) is 17.7 Å². The van der Waals surface area contributed by atoms with Gasteiger partial charge >= 0.3 is 0 Å².